The largest absolute Gasteiger partial charge is 0.293 e. The van der Waals surface area contributed by atoms with Crippen molar-refractivity contribution in [1.29, 1.82) is 0 Å². The molecular weight excluding hydrogens is 502 g/mol. The maximum absolute atomic E-state index is 14.5. The summed E-state index contributed by atoms with van der Waals surface area (Å²) >= 11 is 0. The standard InChI is InChI=1S/C33H25N3O4/c1-19-15-16-20(2)25(17-19)34-18-33-23-11-5-3-9-21(23)28(22-10-4-6-12-24(22)33)29-30(33)32(38)35(31(29)37)26-13-7-8-14-27(26)36(39)40/h3-18,28-30H,1-2H3/t28?,29-,30-,33?/m0/s1. The van der Waals surface area contributed by atoms with Gasteiger partial charge in [0.25, 0.3) is 5.69 Å². The second-order valence-corrected chi connectivity index (χ2v) is 10.8. The Morgan fingerprint density at radius 1 is 0.850 bits per heavy atom. The predicted octanol–water partition coefficient (Wildman–Crippen LogP) is 6.16. The van der Waals surface area contributed by atoms with E-state index in [0.29, 0.717) is 0 Å². The van der Waals surface area contributed by atoms with E-state index < -0.39 is 34.0 Å². The highest BCUT2D eigenvalue weighted by Gasteiger charge is 2.68. The molecule has 0 spiro atoms. The first-order chi connectivity index (χ1) is 19.3. The molecule has 7 heteroatoms. The van der Waals surface area contributed by atoms with Gasteiger partial charge in [0.1, 0.15) is 5.69 Å². The minimum Gasteiger partial charge on any atom is -0.274 e. The lowest BCUT2D eigenvalue weighted by Crippen LogP contribution is -2.54. The van der Waals surface area contributed by atoms with Crippen LogP contribution in [0.3, 0.4) is 0 Å². The molecule has 2 amide bonds. The van der Waals surface area contributed by atoms with Crippen LogP contribution in [0.25, 0.3) is 0 Å². The Kier molecular flexibility index (Phi) is 5.16. The molecule has 0 unspecified atom stereocenters. The van der Waals surface area contributed by atoms with Gasteiger partial charge in [-0.15, -0.1) is 0 Å². The zero-order valence-electron chi connectivity index (χ0n) is 21.9. The summed E-state index contributed by atoms with van der Waals surface area (Å²) in [7, 11) is 0. The molecule has 1 heterocycles. The van der Waals surface area contributed by atoms with Gasteiger partial charge in [0, 0.05) is 18.2 Å². The van der Waals surface area contributed by atoms with Gasteiger partial charge in [0.05, 0.1) is 27.9 Å². The van der Waals surface area contributed by atoms with Crippen molar-refractivity contribution in [3.05, 3.63) is 134 Å². The number of aryl methyl sites for hydroxylation is 2. The highest BCUT2D eigenvalue weighted by Crippen LogP contribution is 2.64. The summed E-state index contributed by atoms with van der Waals surface area (Å²) in [6.07, 6.45) is 1.85. The minimum absolute atomic E-state index is 0.00558. The minimum atomic E-state index is -1.03. The van der Waals surface area contributed by atoms with Gasteiger partial charge < -0.3 is 0 Å². The smallest absolute Gasteiger partial charge is 0.274 e. The topological polar surface area (TPSA) is 92.9 Å². The Morgan fingerprint density at radius 3 is 2.15 bits per heavy atom. The maximum Gasteiger partial charge on any atom is 0.293 e. The van der Waals surface area contributed by atoms with E-state index in [-0.39, 0.29) is 17.3 Å². The number of anilines is 1. The molecule has 8 rings (SSSR count). The third kappa shape index (κ3) is 3.09. The molecular formula is C33H25N3O4. The van der Waals surface area contributed by atoms with Gasteiger partial charge in [-0.3, -0.25) is 24.7 Å². The van der Waals surface area contributed by atoms with Crippen LogP contribution in [0.4, 0.5) is 17.1 Å². The molecule has 40 heavy (non-hydrogen) atoms. The van der Waals surface area contributed by atoms with Crippen LogP contribution in [-0.4, -0.2) is 23.0 Å². The molecule has 4 aromatic rings. The fourth-order valence-corrected chi connectivity index (χ4v) is 7.12. The van der Waals surface area contributed by atoms with Crippen LogP contribution in [0.15, 0.2) is 96.0 Å². The van der Waals surface area contributed by atoms with E-state index in [9.17, 15) is 19.7 Å². The fourth-order valence-electron chi connectivity index (χ4n) is 7.12. The highest BCUT2D eigenvalue weighted by molar-refractivity contribution is 6.25. The molecule has 1 aliphatic heterocycles. The van der Waals surface area contributed by atoms with Gasteiger partial charge in [-0.05, 0) is 59.4 Å². The van der Waals surface area contributed by atoms with Crippen LogP contribution < -0.4 is 4.90 Å². The summed E-state index contributed by atoms with van der Waals surface area (Å²) in [5, 5.41) is 11.9. The highest BCUT2D eigenvalue weighted by atomic mass is 16.6. The number of imide groups is 1. The molecule has 0 saturated carbocycles. The van der Waals surface area contributed by atoms with E-state index in [1.807, 2.05) is 86.8 Å². The lowest BCUT2D eigenvalue weighted by atomic mass is 9.47. The molecule has 3 aliphatic carbocycles. The van der Waals surface area contributed by atoms with Crippen LogP contribution in [-0.2, 0) is 15.0 Å². The molecule has 2 bridgehead atoms. The Bertz CT molecular complexity index is 1740. The Balaban J connectivity index is 1.52. The van der Waals surface area contributed by atoms with Crippen molar-refractivity contribution in [3.8, 4) is 0 Å². The number of hydrogen-bond donors (Lipinski definition) is 0. The molecule has 4 aliphatic rings. The van der Waals surface area contributed by atoms with Crippen molar-refractivity contribution < 1.29 is 14.5 Å². The zero-order valence-corrected chi connectivity index (χ0v) is 21.9. The average molecular weight is 528 g/mol. The van der Waals surface area contributed by atoms with E-state index in [2.05, 4.69) is 0 Å². The number of rotatable bonds is 4. The maximum atomic E-state index is 14.5. The summed E-state index contributed by atoms with van der Waals surface area (Å²) in [5.74, 6) is -2.73. The van der Waals surface area contributed by atoms with Crippen LogP contribution in [0, 0.1) is 35.8 Å². The van der Waals surface area contributed by atoms with Crippen LogP contribution in [0.5, 0.6) is 0 Å². The summed E-state index contributed by atoms with van der Waals surface area (Å²) in [5.41, 5.74) is 5.41. The van der Waals surface area contributed by atoms with Crippen molar-refractivity contribution in [2.24, 2.45) is 16.8 Å². The fraction of sp³-hybridized carbons (Fsp3) is 0.182. The van der Waals surface area contributed by atoms with E-state index in [4.69, 9.17) is 4.99 Å². The molecule has 196 valence electrons. The first-order valence-electron chi connectivity index (χ1n) is 13.3. The second kappa shape index (κ2) is 8.55. The molecule has 2 atom stereocenters. The predicted molar refractivity (Wildman–Crippen MR) is 152 cm³/mol. The summed E-state index contributed by atoms with van der Waals surface area (Å²) in [6.45, 7) is 4.00. The van der Waals surface area contributed by atoms with Gasteiger partial charge in [-0.2, -0.15) is 0 Å². The summed E-state index contributed by atoms with van der Waals surface area (Å²) in [4.78, 5) is 46.2. The first-order valence-corrected chi connectivity index (χ1v) is 13.3. The van der Waals surface area contributed by atoms with Crippen molar-refractivity contribution >= 4 is 35.1 Å². The number of amides is 2. The Morgan fingerprint density at radius 2 is 1.48 bits per heavy atom. The lowest BCUT2D eigenvalue weighted by Gasteiger charge is -2.52. The number of para-hydroxylation sites is 2. The SMILES string of the molecule is Cc1ccc(C)c(N=CC23c4ccccc4C(c4ccccc42)[C@@H]2C(=O)N(c4ccccc4[N+](=O)[O-])C(=O)[C@H]23)c1. The van der Waals surface area contributed by atoms with Gasteiger partial charge >= 0.3 is 0 Å². The number of nitro groups is 1. The van der Waals surface area contributed by atoms with Gasteiger partial charge in [0.2, 0.25) is 11.8 Å². The number of carbonyl (C=O) groups excluding carboxylic acids is 2. The second-order valence-electron chi connectivity index (χ2n) is 10.8. The quantitative estimate of drug-likeness (QED) is 0.137. The number of carbonyl (C=O) groups is 2. The van der Waals surface area contributed by atoms with Gasteiger partial charge in [0.15, 0.2) is 0 Å². The van der Waals surface area contributed by atoms with Gasteiger partial charge in [-0.25, -0.2) is 4.90 Å². The summed E-state index contributed by atoms with van der Waals surface area (Å²) in [6, 6.07) is 27.9. The lowest BCUT2D eigenvalue weighted by molar-refractivity contribution is -0.384. The van der Waals surface area contributed by atoms with Crippen molar-refractivity contribution in [2.75, 3.05) is 4.90 Å². The van der Waals surface area contributed by atoms with Gasteiger partial charge in [-0.1, -0.05) is 72.8 Å². The van der Waals surface area contributed by atoms with Crippen molar-refractivity contribution in [2.45, 2.75) is 25.2 Å². The summed E-state index contributed by atoms with van der Waals surface area (Å²) < 4.78 is 0. The zero-order chi connectivity index (χ0) is 27.8. The molecule has 1 saturated heterocycles. The number of aliphatic imine (C=N–C) groups is 1. The van der Waals surface area contributed by atoms with E-state index in [0.717, 1.165) is 44.0 Å². The molecule has 7 nitrogen and oxygen atoms in total. The Labute approximate surface area is 231 Å². The molecule has 0 N–H and O–H groups in total. The van der Waals surface area contributed by atoms with E-state index in [1.165, 1.54) is 18.2 Å². The molecule has 0 aromatic heterocycles. The Hall–Kier alpha value is -4.91. The number of hydrogen-bond acceptors (Lipinski definition) is 5. The van der Waals surface area contributed by atoms with Crippen LogP contribution >= 0.6 is 0 Å². The third-order valence-electron chi connectivity index (χ3n) is 8.78. The number of nitrogens with zero attached hydrogens (tertiary/aromatic N) is 3. The molecule has 0 radical (unpaired) electrons. The first kappa shape index (κ1) is 24.2. The van der Waals surface area contributed by atoms with E-state index in [1.54, 1.807) is 6.07 Å². The molecule has 1 fully saturated rings. The third-order valence-corrected chi connectivity index (χ3v) is 8.78. The van der Waals surface area contributed by atoms with Crippen LogP contribution in [0.2, 0.25) is 0 Å². The number of nitro benzene ring substituents is 1. The van der Waals surface area contributed by atoms with Crippen LogP contribution in [0.1, 0.15) is 39.3 Å². The average Bonchev–Trinajstić information content (AvgIpc) is 3.24. The van der Waals surface area contributed by atoms with Crippen molar-refractivity contribution in [1.82, 2.24) is 0 Å². The molecule has 4 aromatic carbocycles. The number of benzene rings is 4. The normalized spacial score (nSPS) is 24.2. The van der Waals surface area contributed by atoms with Crippen molar-refractivity contribution in [3.63, 3.8) is 0 Å². The van der Waals surface area contributed by atoms with E-state index >= 15 is 0 Å². The monoisotopic (exact) mass is 527 g/mol.